The smallest absolute Gasteiger partial charge is 0.251 e. The molecule has 0 unspecified atom stereocenters. The molecule has 5 nitrogen and oxygen atoms in total. The Morgan fingerprint density at radius 1 is 0.857 bits per heavy atom. The summed E-state index contributed by atoms with van der Waals surface area (Å²) in [5, 5.41) is 5.39. The lowest BCUT2D eigenvalue weighted by Gasteiger charge is -2.10. The summed E-state index contributed by atoms with van der Waals surface area (Å²) in [4.78, 5) is 24.2. The van der Waals surface area contributed by atoms with Crippen molar-refractivity contribution < 1.29 is 14.3 Å². The zero-order valence-electron chi connectivity index (χ0n) is 15.9. The third kappa shape index (κ3) is 5.20. The van der Waals surface area contributed by atoms with Gasteiger partial charge in [-0.25, -0.2) is 0 Å². The maximum absolute atomic E-state index is 12.2. The Kier molecular flexibility index (Phi) is 6.07. The molecule has 3 rings (SSSR count). The van der Waals surface area contributed by atoms with E-state index in [-0.39, 0.29) is 18.4 Å². The largest absolute Gasteiger partial charge is 0.457 e. The molecule has 0 aliphatic rings. The Morgan fingerprint density at radius 2 is 1.61 bits per heavy atom. The number of carbonyl (C=O) groups is 2. The minimum Gasteiger partial charge on any atom is -0.457 e. The topological polar surface area (TPSA) is 67.4 Å². The van der Waals surface area contributed by atoms with Crippen LogP contribution >= 0.6 is 0 Å². The predicted molar refractivity (Wildman–Crippen MR) is 110 cm³/mol. The van der Waals surface area contributed by atoms with Gasteiger partial charge in [0.1, 0.15) is 11.5 Å². The van der Waals surface area contributed by atoms with E-state index >= 15 is 0 Å². The molecular formula is C23H22N2O3. The summed E-state index contributed by atoms with van der Waals surface area (Å²) in [5.41, 5.74) is 3.18. The standard InChI is InChI=1S/C23H22N2O3/c1-16-6-5-8-20(14-16)28-19-12-10-18(11-13-19)25-22(26)15-24-23(27)21-9-4-3-7-17(21)2/h3-14H,15H2,1-2H3,(H,24,27)(H,25,26). The van der Waals surface area contributed by atoms with Crippen molar-refractivity contribution in [1.29, 1.82) is 0 Å². The van der Waals surface area contributed by atoms with Gasteiger partial charge in [0.05, 0.1) is 6.54 Å². The van der Waals surface area contributed by atoms with Crippen LogP contribution in [0.15, 0.2) is 72.8 Å². The molecule has 0 atom stereocenters. The highest BCUT2D eigenvalue weighted by Crippen LogP contribution is 2.23. The third-order valence-electron chi connectivity index (χ3n) is 4.16. The van der Waals surface area contributed by atoms with Crippen LogP contribution < -0.4 is 15.4 Å². The number of benzene rings is 3. The highest BCUT2D eigenvalue weighted by atomic mass is 16.5. The first-order valence-corrected chi connectivity index (χ1v) is 8.99. The molecule has 0 aliphatic carbocycles. The number of anilines is 1. The van der Waals surface area contributed by atoms with E-state index in [4.69, 9.17) is 4.74 Å². The van der Waals surface area contributed by atoms with Crippen molar-refractivity contribution in [3.63, 3.8) is 0 Å². The van der Waals surface area contributed by atoms with E-state index in [2.05, 4.69) is 10.6 Å². The van der Waals surface area contributed by atoms with Crippen LogP contribution in [-0.4, -0.2) is 18.4 Å². The normalized spacial score (nSPS) is 10.2. The number of nitrogens with one attached hydrogen (secondary N) is 2. The summed E-state index contributed by atoms with van der Waals surface area (Å²) in [5.74, 6) is 0.872. The van der Waals surface area contributed by atoms with Crippen molar-refractivity contribution in [2.45, 2.75) is 13.8 Å². The number of aryl methyl sites for hydroxylation is 2. The number of ether oxygens (including phenoxy) is 1. The fourth-order valence-electron chi connectivity index (χ4n) is 2.71. The quantitative estimate of drug-likeness (QED) is 0.669. The van der Waals surface area contributed by atoms with Gasteiger partial charge in [0.15, 0.2) is 0 Å². The summed E-state index contributed by atoms with van der Waals surface area (Å²) in [6.07, 6.45) is 0. The van der Waals surface area contributed by atoms with Crippen molar-refractivity contribution in [2.75, 3.05) is 11.9 Å². The van der Waals surface area contributed by atoms with Crippen molar-refractivity contribution in [1.82, 2.24) is 5.32 Å². The first kappa shape index (κ1) is 19.2. The van der Waals surface area contributed by atoms with Gasteiger partial charge in [0, 0.05) is 11.3 Å². The van der Waals surface area contributed by atoms with E-state index in [1.165, 1.54) is 0 Å². The van der Waals surface area contributed by atoms with Crippen LogP contribution in [0.4, 0.5) is 5.69 Å². The lowest BCUT2D eigenvalue weighted by atomic mass is 10.1. The second kappa shape index (κ2) is 8.86. The summed E-state index contributed by atoms with van der Waals surface area (Å²) in [6, 6.07) is 22.1. The number of hydrogen-bond donors (Lipinski definition) is 2. The van der Waals surface area contributed by atoms with Gasteiger partial charge in [-0.1, -0.05) is 30.3 Å². The van der Waals surface area contributed by atoms with Crippen LogP contribution in [0.1, 0.15) is 21.5 Å². The van der Waals surface area contributed by atoms with Gasteiger partial charge < -0.3 is 15.4 Å². The molecule has 0 spiro atoms. The number of carbonyl (C=O) groups excluding carboxylic acids is 2. The lowest BCUT2D eigenvalue weighted by molar-refractivity contribution is -0.115. The molecule has 3 aromatic rings. The molecule has 0 radical (unpaired) electrons. The van der Waals surface area contributed by atoms with Gasteiger partial charge in [0.25, 0.3) is 5.91 Å². The second-order valence-corrected chi connectivity index (χ2v) is 6.49. The molecule has 2 N–H and O–H groups in total. The van der Waals surface area contributed by atoms with Gasteiger partial charge in [0.2, 0.25) is 5.91 Å². The Balaban J connectivity index is 1.51. The third-order valence-corrected chi connectivity index (χ3v) is 4.16. The van der Waals surface area contributed by atoms with Crippen molar-refractivity contribution >= 4 is 17.5 Å². The summed E-state index contributed by atoms with van der Waals surface area (Å²) in [6.45, 7) is 3.76. The number of rotatable bonds is 6. The molecule has 2 amide bonds. The highest BCUT2D eigenvalue weighted by molar-refractivity contribution is 6.00. The molecule has 28 heavy (non-hydrogen) atoms. The summed E-state index contributed by atoms with van der Waals surface area (Å²) >= 11 is 0. The van der Waals surface area contributed by atoms with E-state index in [9.17, 15) is 9.59 Å². The monoisotopic (exact) mass is 374 g/mol. The first-order valence-electron chi connectivity index (χ1n) is 8.99. The average Bonchev–Trinajstić information content (AvgIpc) is 2.68. The Labute approximate surface area is 164 Å². The fourth-order valence-corrected chi connectivity index (χ4v) is 2.71. The zero-order chi connectivity index (χ0) is 19.9. The minimum atomic E-state index is -0.297. The SMILES string of the molecule is Cc1cccc(Oc2ccc(NC(=O)CNC(=O)c3ccccc3C)cc2)c1. The van der Waals surface area contributed by atoms with Gasteiger partial charge >= 0.3 is 0 Å². The van der Waals surface area contributed by atoms with Crippen LogP contribution in [0.5, 0.6) is 11.5 Å². The van der Waals surface area contributed by atoms with Crippen molar-refractivity contribution in [3.8, 4) is 11.5 Å². The molecule has 0 heterocycles. The van der Waals surface area contributed by atoms with Crippen LogP contribution in [0.25, 0.3) is 0 Å². The number of hydrogen-bond acceptors (Lipinski definition) is 3. The molecule has 3 aromatic carbocycles. The van der Waals surface area contributed by atoms with Crippen molar-refractivity contribution in [3.05, 3.63) is 89.5 Å². The lowest BCUT2D eigenvalue weighted by Crippen LogP contribution is -2.33. The molecule has 0 saturated carbocycles. The molecule has 142 valence electrons. The molecular weight excluding hydrogens is 352 g/mol. The van der Waals surface area contributed by atoms with Gasteiger partial charge in [-0.05, 0) is 67.4 Å². The average molecular weight is 374 g/mol. The fraction of sp³-hybridized carbons (Fsp3) is 0.130. The van der Waals surface area contributed by atoms with Gasteiger partial charge in [-0.3, -0.25) is 9.59 Å². The second-order valence-electron chi connectivity index (χ2n) is 6.49. The predicted octanol–water partition coefficient (Wildman–Crippen LogP) is 4.46. The first-order chi connectivity index (χ1) is 13.5. The van der Waals surface area contributed by atoms with Gasteiger partial charge in [-0.15, -0.1) is 0 Å². The number of amides is 2. The molecule has 0 bridgehead atoms. The maximum Gasteiger partial charge on any atom is 0.251 e. The molecule has 0 saturated heterocycles. The van der Waals surface area contributed by atoms with Crippen molar-refractivity contribution in [2.24, 2.45) is 0 Å². The van der Waals surface area contributed by atoms with E-state index < -0.39 is 0 Å². The van der Waals surface area contributed by atoms with E-state index in [1.54, 1.807) is 36.4 Å². The molecule has 0 aromatic heterocycles. The Hall–Kier alpha value is -3.60. The van der Waals surface area contributed by atoms with E-state index in [0.717, 1.165) is 16.9 Å². The minimum absolute atomic E-state index is 0.102. The Morgan fingerprint density at radius 3 is 2.32 bits per heavy atom. The van der Waals surface area contributed by atoms with Crippen LogP contribution in [0, 0.1) is 13.8 Å². The summed E-state index contributed by atoms with van der Waals surface area (Å²) < 4.78 is 5.79. The molecule has 0 fully saturated rings. The van der Waals surface area contributed by atoms with Crippen LogP contribution in [-0.2, 0) is 4.79 Å². The summed E-state index contributed by atoms with van der Waals surface area (Å²) in [7, 11) is 0. The molecule has 0 aliphatic heterocycles. The van der Waals surface area contributed by atoms with Gasteiger partial charge in [-0.2, -0.15) is 0 Å². The zero-order valence-corrected chi connectivity index (χ0v) is 15.9. The van der Waals surface area contributed by atoms with E-state index in [0.29, 0.717) is 17.0 Å². The Bertz CT molecular complexity index is 981. The van der Waals surface area contributed by atoms with Crippen LogP contribution in [0.2, 0.25) is 0 Å². The maximum atomic E-state index is 12.2. The van der Waals surface area contributed by atoms with E-state index in [1.807, 2.05) is 50.2 Å². The van der Waals surface area contributed by atoms with Crippen LogP contribution in [0.3, 0.4) is 0 Å². The molecule has 5 heteroatoms. The highest BCUT2D eigenvalue weighted by Gasteiger charge is 2.10.